The monoisotopic (exact) mass is 268 g/mol. The molecule has 0 aliphatic heterocycles. The first kappa shape index (κ1) is 14.3. The highest BCUT2D eigenvalue weighted by Crippen LogP contribution is 2.27. The van der Waals surface area contributed by atoms with Gasteiger partial charge in [-0.05, 0) is 18.2 Å². The van der Waals surface area contributed by atoms with E-state index < -0.39 is 24.5 Å². The van der Waals surface area contributed by atoms with Gasteiger partial charge in [-0.25, -0.2) is 9.59 Å². The zero-order valence-corrected chi connectivity index (χ0v) is 10.0. The molecule has 19 heavy (non-hydrogen) atoms. The standard InChI is InChI=1S/C11H12N2O6/c1-18-8-4-6(10(15)16)2-3-7(8)19-5-9(14)13-11(12)17/h2-4H,5H2,1H3,(H,15,16)(H3,12,13,14,17). The normalized spacial score (nSPS) is 9.53. The van der Waals surface area contributed by atoms with Crippen LogP contribution in [-0.2, 0) is 4.79 Å². The lowest BCUT2D eigenvalue weighted by molar-refractivity contribution is -0.121. The average Bonchev–Trinajstić information content (AvgIpc) is 2.35. The van der Waals surface area contributed by atoms with Crippen molar-refractivity contribution in [2.24, 2.45) is 5.73 Å². The number of carbonyl (C=O) groups is 3. The number of imide groups is 1. The summed E-state index contributed by atoms with van der Waals surface area (Å²) in [6.45, 7) is -0.453. The fourth-order valence-electron chi connectivity index (χ4n) is 1.24. The van der Waals surface area contributed by atoms with Crippen molar-refractivity contribution in [2.75, 3.05) is 13.7 Å². The van der Waals surface area contributed by atoms with Crippen LogP contribution in [0, 0.1) is 0 Å². The van der Waals surface area contributed by atoms with Gasteiger partial charge in [0.25, 0.3) is 5.91 Å². The molecule has 0 aromatic heterocycles. The van der Waals surface area contributed by atoms with E-state index in [2.05, 4.69) is 0 Å². The van der Waals surface area contributed by atoms with Crippen LogP contribution in [0.3, 0.4) is 0 Å². The number of rotatable bonds is 5. The molecule has 0 aliphatic rings. The summed E-state index contributed by atoms with van der Waals surface area (Å²) in [4.78, 5) is 32.3. The minimum atomic E-state index is -1.11. The fraction of sp³-hybridized carbons (Fsp3) is 0.182. The first-order valence-corrected chi connectivity index (χ1v) is 5.07. The lowest BCUT2D eigenvalue weighted by Gasteiger charge is -2.10. The summed E-state index contributed by atoms with van der Waals surface area (Å²) in [5.41, 5.74) is 4.77. The number of urea groups is 1. The SMILES string of the molecule is COc1cc(C(=O)O)ccc1OCC(=O)NC(N)=O. The third-order valence-electron chi connectivity index (χ3n) is 2.03. The van der Waals surface area contributed by atoms with Gasteiger partial charge in [-0.1, -0.05) is 0 Å². The topological polar surface area (TPSA) is 128 Å². The summed E-state index contributed by atoms with van der Waals surface area (Å²) in [5, 5.41) is 10.6. The maximum absolute atomic E-state index is 11.1. The molecule has 102 valence electrons. The van der Waals surface area contributed by atoms with Crippen LogP contribution in [0.5, 0.6) is 11.5 Å². The Hall–Kier alpha value is -2.77. The number of carboxylic acid groups (broad SMARTS) is 1. The first-order chi connectivity index (χ1) is 8.93. The van der Waals surface area contributed by atoms with Gasteiger partial charge in [0.1, 0.15) is 0 Å². The van der Waals surface area contributed by atoms with Crippen LogP contribution in [0.25, 0.3) is 0 Å². The predicted octanol–water partition coefficient (Wildman–Crippen LogP) is -0.0329. The van der Waals surface area contributed by atoms with Crippen molar-refractivity contribution in [2.45, 2.75) is 0 Å². The number of carbonyl (C=O) groups excluding carboxylic acids is 2. The average molecular weight is 268 g/mol. The molecule has 8 nitrogen and oxygen atoms in total. The molecule has 1 rings (SSSR count). The van der Waals surface area contributed by atoms with Crippen molar-refractivity contribution in [3.63, 3.8) is 0 Å². The number of aromatic carboxylic acids is 1. The number of hydrogen-bond acceptors (Lipinski definition) is 5. The maximum atomic E-state index is 11.1. The summed E-state index contributed by atoms with van der Waals surface area (Å²) in [7, 11) is 1.33. The minimum absolute atomic E-state index is 0.0192. The Morgan fingerprint density at radius 2 is 2.00 bits per heavy atom. The van der Waals surface area contributed by atoms with Crippen molar-refractivity contribution in [3.8, 4) is 11.5 Å². The Bertz CT molecular complexity index is 514. The molecule has 0 atom stereocenters. The third kappa shape index (κ3) is 4.19. The van der Waals surface area contributed by atoms with E-state index in [1.807, 2.05) is 5.32 Å². The molecule has 1 aromatic carbocycles. The first-order valence-electron chi connectivity index (χ1n) is 5.07. The molecule has 8 heteroatoms. The van der Waals surface area contributed by atoms with Crippen LogP contribution in [0.2, 0.25) is 0 Å². The molecule has 3 amide bonds. The molecule has 0 fully saturated rings. The smallest absolute Gasteiger partial charge is 0.335 e. The summed E-state index contributed by atoms with van der Waals surface area (Å²) >= 11 is 0. The van der Waals surface area contributed by atoms with E-state index in [9.17, 15) is 14.4 Å². The van der Waals surface area contributed by atoms with E-state index in [4.69, 9.17) is 20.3 Å². The molecule has 0 unspecified atom stereocenters. The number of nitrogens with one attached hydrogen (secondary N) is 1. The lowest BCUT2D eigenvalue weighted by atomic mass is 10.2. The molecule has 4 N–H and O–H groups in total. The number of carboxylic acids is 1. The molecule has 0 heterocycles. The van der Waals surface area contributed by atoms with E-state index >= 15 is 0 Å². The summed E-state index contributed by atoms with van der Waals surface area (Å²) in [5.74, 6) is -1.51. The zero-order valence-electron chi connectivity index (χ0n) is 10.0. The Balaban J connectivity index is 2.75. The van der Waals surface area contributed by atoms with Gasteiger partial charge in [0.05, 0.1) is 12.7 Å². The summed E-state index contributed by atoms with van der Waals surface area (Å²) in [6, 6.07) is 2.91. The second kappa shape index (κ2) is 6.24. The number of benzene rings is 1. The number of nitrogens with two attached hydrogens (primary N) is 1. The predicted molar refractivity (Wildman–Crippen MR) is 63.2 cm³/mol. The highest BCUT2D eigenvalue weighted by atomic mass is 16.5. The van der Waals surface area contributed by atoms with Crippen LogP contribution in [0.4, 0.5) is 4.79 Å². The molecule has 0 bridgehead atoms. The second-order valence-electron chi connectivity index (χ2n) is 3.37. The minimum Gasteiger partial charge on any atom is -0.493 e. The summed E-state index contributed by atoms with van der Waals surface area (Å²) < 4.78 is 10.0. The van der Waals surface area contributed by atoms with E-state index in [0.717, 1.165) is 0 Å². The van der Waals surface area contributed by atoms with E-state index in [1.54, 1.807) is 0 Å². The van der Waals surface area contributed by atoms with Crippen molar-refractivity contribution in [3.05, 3.63) is 23.8 Å². The number of hydrogen-bond donors (Lipinski definition) is 3. The van der Waals surface area contributed by atoms with Crippen molar-refractivity contribution >= 4 is 17.9 Å². The largest absolute Gasteiger partial charge is 0.493 e. The molecule has 0 saturated heterocycles. The van der Waals surface area contributed by atoms with Crippen molar-refractivity contribution < 1.29 is 29.0 Å². The van der Waals surface area contributed by atoms with Crippen LogP contribution < -0.4 is 20.5 Å². The van der Waals surface area contributed by atoms with Gasteiger partial charge >= 0.3 is 12.0 Å². The van der Waals surface area contributed by atoms with Gasteiger partial charge in [0.15, 0.2) is 18.1 Å². The Labute approximate surface area is 108 Å². The summed E-state index contributed by atoms with van der Waals surface area (Å²) in [6.07, 6.45) is 0. The fourth-order valence-corrected chi connectivity index (χ4v) is 1.24. The van der Waals surface area contributed by atoms with Gasteiger partial charge < -0.3 is 20.3 Å². The van der Waals surface area contributed by atoms with Crippen LogP contribution in [0.1, 0.15) is 10.4 Å². The highest BCUT2D eigenvalue weighted by Gasteiger charge is 2.12. The molecule has 0 aliphatic carbocycles. The van der Waals surface area contributed by atoms with Crippen molar-refractivity contribution in [1.82, 2.24) is 5.32 Å². The molecular weight excluding hydrogens is 256 g/mol. The number of primary amides is 1. The van der Waals surface area contributed by atoms with Crippen molar-refractivity contribution in [1.29, 1.82) is 0 Å². The number of ether oxygens (including phenoxy) is 2. The van der Waals surface area contributed by atoms with Crippen LogP contribution >= 0.6 is 0 Å². The lowest BCUT2D eigenvalue weighted by Crippen LogP contribution is -2.38. The molecule has 0 spiro atoms. The van der Waals surface area contributed by atoms with E-state index in [-0.39, 0.29) is 17.1 Å². The molecule has 0 saturated carbocycles. The number of methoxy groups -OCH3 is 1. The molecular formula is C11H12N2O6. The molecule has 1 aromatic rings. The zero-order chi connectivity index (χ0) is 14.4. The van der Waals surface area contributed by atoms with Gasteiger partial charge in [0, 0.05) is 0 Å². The van der Waals surface area contributed by atoms with Gasteiger partial charge in [-0.3, -0.25) is 10.1 Å². The quantitative estimate of drug-likeness (QED) is 0.687. The Morgan fingerprint density at radius 3 is 2.53 bits per heavy atom. The third-order valence-corrected chi connectivity index (χ3v) is 2.03. The number of amides is 3. The van der Waals surface area contributed by atoms with Gasteiger partial charge in [-0.15, -0.1) is 0 Å². The highest BCUT2D eigenvalue weighted by molar-refractivity contribution is 5.94. The van der Waals surface area contributed by atoms with E-state index in [1.165, 1.54) is 25.3 Å². The Kier molecular flexibility index (Phi) is 4.69. The van der Waals surface area contributed by atoms with Gasteiger partial charge in [-0.2, -0.15) is 0 Å². The van der Waals surface area contributed by atoms with Crippen LogP contribution in [0.15, 0.2) is 18.2 Å². The van der Waals surface area contributed by atoms with Gasteiger partial charge in [0.2, 0.25) is 0 Å². The maximum Gasteiger partial charge on any atom is 0.335 e. The molecule has 0 radical (unpaired) electrons. The van der Waals surface area contributed by atoms with Crippen LogP contribution in [-0.4, -0.2) is 36.7 Å². The van der Waals surface area contributed by atoms with E-state index in [0.29, 0.717) is 0 Å². The second-order valence-corrected chi connectivity index (χ2v) is 3.37. The Morgan fingerprint density at radius 1 is 1.32 bits per heavy atom.